The van der Waals surface area contributed by atoms with E-state index in [2.05, 4.69) is 4.90 Å². The Morgan fingerprint density at radius 3 is 2.31 bits per heavy atom. The van der Waals surface area contributed by atoms with Crippen LogP contribution >= 0.6 is 0 Å². The van der Waals surface area contributed by atoms with Crippen molar-refractivity contribution in [1.82, 2.24) is 4.90 Å². The lowest BCUT2D eigenvalue weighted by Gasteiger charge is -2.39. The molecule has 0 heterocycles. The molecule has 3 heteroatoms. The molecule has 0 aromatic heterocycles. The summed E-state index contributed by atoms with van der Waals surface area (Å²) < 4.78 is 0. The second-order valence-electron chi connectivity index (χ2n) is 5.17. The van der Waals surface area contributed by atoms with E-state index in [-0.39, 0.29) is 6.61 Å². The van der Waals surface area contributed by atoms with Crippen LogP contribution in [0.15, 0.2) is 0 Å². The summed E-state index contributed by atoms with van der Waals surface area (Å²) in [4.78, 5) is 14.4. The maximum atomic E-state index is 12.3. The summed E-state index contributed by atoms with van der Waals surface area (Å²) in [5.74, 6) is 0.662. The van der Waals surface area contributed by atoms with Crippen LogP contribution in [0.1, 0.15) is 51.4 Å². The molecular weight excluding hydrogens is 202 g/mol. The van der Waals surface area contributed by atoms with Crippen molar-refractivity contribution in [3.05, 3.63) is 0 Å². The number of hydrogen-bond acceptors (Lipinski definition) is 2. The molecule has 1 N–H and O–H groups in total. The molecule has 2 saturated carbocycles. The van der Waals surface area contributed by atoms with Gasteiger partial charge in [-0.2, -0.15) is 0 Å². The van der Waals surface area contributed by atoms with Crippen LogP contribution in [0, 0.1) is 5.92 Å². The number of rotatable bonds is 5. The molecule has 2 aliphatic carbocycles. The first-order valence-corrected chi connectivity index (χ1v) is 6.74. The number of aliphatic hydroxyl groups is 1. The van der Waals surface area contributed by atoms with Crippen LogP contribution in [0.4, 0.5) is 0 Å². The third-order valence-electron chi connectivity index (χ3n) is 4.06. The summed E-state index contributed by atoms with van der Waals surface area (Å²) >= 11 is 0. The van der Waals surface area contributed by atoms with Gasteiger partial charge in [-0.05, 0) is 38.5 Å². The van der Waals surface area contributed by atoms with Gasteiger partial charge in [-0.1, -0.05) is 12.8 Å². The van der Waals surface area contributed by atoms with Gasteiger partial charge < -0.3 is 10.0 Å². The Labute approximate surface area is 97.8 Å². The van der Waals surface area contributed by atoms with Crippen LogP contribution < -0.4 is 0 Å². The molecule has 2 aliphatic rings. The van der Waals surface area contributed by atoms with Crippen molar-refractivity contribution < 1.29 is 9.90 Å². The van der Waals surface area contributed by atoms with Crippen LogP contribution in [-0.2, 0) is 4.79 Å². The van der Waals surface area contributed by atoms with Crippen molar-refractivity contribution in [3.8, 4) is 0 Å². The van der Waals surface area contributed by atoms with E-state index in [9.17, 15) is 4.79 Å². The van der Waals surface area contributed by atoms with Crippen molar-refractivity contribution >= 4 is 5.91 Å². The minimum Gasteiger partial charge on any atom is -0.396 e. The Bertz CT molecular complexity index is 232. The number of carbonyl (C=O) groups excluding carboxylic acids is 1. The molecule has 0 saturated heterocycles. The summed E-state index contributed by atoms with van der Waals surface area (Å²) in [5, 5.41) is 8.90. The monoisotopic (exact) mass is 225 g/mol. The summed E-state index contributed by atoms with van der Waals surface area (Å²) in [7, 11) is 0. The molecule has 16 heavy (non-hydrogen) atoms. The van der Waals surface area contributed by atoms with Gasteiger partial charge >= 0.3 is 0 Å². The van der Waals surface area contributed by atoms with Crippen LogP contribution in [0.5, 0.6) is 0 Å². The Kier molecular flexibility index (Phi) is 4.22. The molecule has 0 aromatic rings. The molecule has 2 fully saturated rings. The third kappa shape index (κ3) is 2.57. The van der Waals surface area contributed by atoms with Gasteiger partial charge in [-0.3, -0.25) is 4.79 Å². The topological polar surface area (TPSA) is 40.5 Å². The van der Waals surface area contributed by atoms with Crippen LogP contribution in [0.3, 0.4) is 0 Å². The number of hydrogen-bond donors (Lipinski definition) is 1. The lowest BCUT2D eigenvalue weighted by Crippen LogP contribution is -2.47. The minimum atomic E-state index is 0.196. The van der Waals surface area contributed by atoms with E-state index in [0.29, 0.717) is 17.9 Å². The summed E-state index contributed by atoms with van der Waals surface area (Å²) in [6, 6.07) is 0.486. The number of aliphatic hydroxyl groups excluding tert-OH is 1. The van der Waals surface area contributed by atoms with Crippen molar-refractivity contribution in [2.75, 3.05) is 13.2 Å². The van der Waals surface area contributed by atoms with Crippen molar-refractivity contribution in [2.24, 2.45) is 5.92 Å². The zero-order chi connectivity index (χ0) is 11.4. The average Bonchev–Trinajstić information content (AvgIpc) is 2.73. The van der Waals surface area contributed by atoms with Gasteiger partial charge in [0.25, 0.3) is 0 Å². The minimum absolute atomic E-state index is 0.196. The van der Waals surface area contributed by atoms with Gasteiger partial charge in [-0.25, -0.2) is 0 Å². The largest absolute Gasteiger partial charge is 0.396 e. The molecule has 3 nitrogen and oxygen atoms in total. The Morgan fingerprint density at radius 2 is 1.81 bits per heavy atom. The normalized spacial score (nSPS) is 22.1. The van der Waals surface area contributed by atoms with Crippen molar-refractivity contribution in [3.63, 3.8) is 0 Å². The average molecular weight is 225 g/mol. The Hall–Kier alpha value is -0.570. The summed E-state index contributed by atoms with van der Waals surface area (Å²) in [5.41, 5.74) is 0. The van der Waals surface area contributed by atoms with Gasteiger partial charge in [0, 0.05) is 25.1 Å². The highest BCUT2D eigenvalue weighted by molar-refractivity contribution is 5.79. The first-order valence-electron chi connectivity index (χ1n) is 6.74. The fourth-order valence-electron chi connectivity index (χ4n) is 2.82. The zero-order valence-corrected chi connectivity index (χ0v) is 10.0. The van der Waals surface area contributed by atoms with Gasteiger partial charge in [0.05, 0.1) is 0 Å². The molecule has 1 amide bonds. The highest BCUT2D eigenvalue weighted by atomic mass is 16.3. The Morgan fingerprint density at radius 1 is 1.12 bits per heavy atom. The van der Waals surface area contributed by atoms with Crippen molar-refractivity contribution in [2.45, 2.75) is 57.4 Å². The van der Waals surface area contributed by atoms with Gasteiger partial charge in [0.15, 0.2) is 0 Å². The first kappa shape index (κ1) is 11.9. The molecule has 0 unspecified atom stereocenters. The second-order valence-corrected chi connectivity index (χ2v) is 5.17. The second kappa shape index (κ2) is 5.67. The van der Waals surface area contributed by atoms with E-state index in [1.165, 1.54) is 32.1 Å². The first-order chi connectivity index (χ1) is 7.83. The van der Waals surface area contributed by atoms with E-state index in [1.54, 1.807) is 0 Å². The molecule has 92 valence electrons. The maximum absolute atomic E-state index is 12.3. The number of amides is 1. The van der Waals surface area contributed by atoms with Crippen LogP contribution in [-0.4, -0.2) is 35.1 Å². The van der Waals surface area contributed by atoms with E-state index >= 15 is 0 Å². The van der Waals surface area contributed by atoms with E-state index in [4.69, 9.17) is 5.11 Å². The quantitative estimate of drug-likeness (QED) is 0.776. The predicted octanol–water partition coefficient (Wildman–Crippen LogP) is 1.94. The molecule has 0 aromatic carbocycles. The number of nitrogens with zero attached hydrogens (tertiary/aromatic N) is 1. The predicted molar refractivity (Wildman–Crippen MR) is 63.0 cm³/mol. The SMILES string of the molecule is O=C(C1CCCC1)N(CCCO)C1CCC1. The summed E-state index contributed by atoms with van der Waals surface area (Å²) in [6.07, 6.45) is 8.94. The molecule has 0 atom stereocenters. The fourth-order valence-corrected chi connectivity index (χ4v) is 2.82. The standard InChI is InChI=1S/C13H23NO2/c15-10-4-9-14(12-7-3-8-12)13(16)11-5-1-2-6-11/h11-12,15H,1-10H2. The van der Waals surface area contributed by atoms with Gasteiger partial charge in [0.2, 0.25) is 5.91 Å². The van der Waals surface area contributed by atoms with Gasteiger partial charge in [-0.15, -0.1) is 0 Å². The van der Waals surface area contributed by atoms with Crippen LogP contribution in [0.25, 0.3) is 0 Å². The van der Waals surface area contributed by atoms with E-state index < -0.39 is 0 Å². The van der Waals surface area contributed by atoms with Gasteiger partial charge in [0.1, 0.15) is 0 Å². The number of carbonyl (C=O) groups is 1. The zero-order valence-electron chi connectivity index (χ0n) is 10.0. The molecule has 2 rings (SSSR count). The lowest BCUT2D eigenvalue weighted by atomic mass is 9.90. The van der Waals surface area contributed by atoms with E-state index in [1.807, 2.05) is 0 Å². The van der Waals surface area contributed by atoms with Crippen LogP contribution in [0.2, 0.25) is 0 Å². The molecule has 0 bridgehead atoms. The highest BCUT2D eigenvalue weighted by Gasteiger charge is 2.33. The smallest absolute Gasteiger partial charge is 0.225 e. The van der Waals surface area contributed by atoms with E-state index in [0.717, 1.165) is 25.8 Å². The maximum Gasteiger partial charge on any atom is 0.225 e. The highest BCUT2D eigenvalue weighted by Crippen LogP contribution is 2.31. The molecular formula is C13H23NO2. The lowest BCUT2D eigenvalue weighted by molar-refractivity contribution is -0.139. The molecule has 0 spiro atoms. The Balaban J connectivity index is 1.90. The summed E-state index contributed by atoms with van der Waals surface area (Å²) in [6.45, 7) is 0.956. The molecule has 0 aliphatic heterocycles. The molecule has 0 radical (unpaired) electrons. The third-order valence-corrected chi connectivity index (χ3v) is 4.06. The fraction of sp³-hybridized carbons (Fsp3) is 0.923. The van der Waals surface area contributed by atoms with Crippen molar-refractivity contribution in [1.29, 1.82) is 0 Å².